The molecule has 6 heterocycles. The fraction of sp³-hybridized carbons (Fsp3) is 0.0789. The molecular weight excluding hydrogens is 1010 g/mol. The van der Waals surface area contributed by atoms with Gasteiger partial charge in [-0.3, -0.25) is 14.1 Å². The molecule has 0 aliphatic heterocycles. The second kappa shape index (κ2) is 18.5. The molecule has 0 spiro atoms. The van der Waals surface area contributed by atoms with Gasteiger partial charge in [-0.05, 0) is 175 Å². The number of hydrogen-bond acceptors (Lipinski definition) is 3. The average molecular weight is 1070 g/mol. The Bertz CT molecular complexity index is 5110. The van der Waals surface area contributed by atoms with Gasteiger partial charge in [0.15, 0.2) is 11.6 Å². The highest BCUT2D eigenvalue weighted by molar-refractivity contribution is 6.16. The van der Waals surface area contributed by atoms with E-state index in [2.05, 4.69) is 289 Å². The quantitative estimate of drug-likeness (QED) is 0.152. The highest BCUT2D eigenvalue weighted by atomic mass is 15.2. The molecule has 16 rings (SSSR count). The van der Waals surface area contributed by atoms with E-state index >= 15 is 0 Å². The van der Waals surface area contributed by atoms with Crippen molar-refractivity contribution in [3.05, 3.63) is 270 Å². The third kappa shape index (κ3) is 7.44. The topological polar surface area (TPSA) is 48.7 Å². The van der Waals surface area contributed by atoms with Gasteiger partial charge in [0.25, 0.3) is 0 Å². The fourth-order valence-electron chi connectivity index (χ4n) is 13.4. The van der Waals surface area contributed by atoms with Crippen LogP contribution in [-0.2, 0) is 0 Å². The average Bonchev–Trinajstić information content (AvgIpc) is 2.89. The van der Waals surface area contributed by atoms with Gasteiger partial charge in [-0.25, -0.2) is 4.98 Å². The van der Waals surface area contributed by atoms with E-state index in [0.29, 0.717) is 0 Å². The minimum absolute atomic E-state index is 0.771. The molecule has 0 fully saturated rings. The Balaban J connectivity index is 1.17. The molecular formula is C76H57N7. The van der Waals surface area contributed by atoms with Crippen molar-refractivity contribution >= 4 is 104 Å². The van der Waals surface area contributed by atoms with Crippen LogP contribution in [0, 0.1) is 41.5 Å². The van der Waals surface area contributed by atoms with E-state index in [1.54, 1.807) is 0 Å². The lowest BCUT2D eigenvalue weighted by molar-refractivity contribution is 0.959. The summed E-state index contributed by atoms with van der Waals surface area (Å²) in [5.41, 5.74) is 22.5. The van der Waals surface area contributed by atoms with Crippen molar-refractivity contribution in [3.63, 3.8) is 0 Å². The molecule has 10 aromatic carbocycles. The van der Waals surface area contributed by atoms with Gasteiger partial charge in [-0.1, -0.05) is 130 Å². The van der Waals surface area contributed by atoms with E-state index in [1.165, 1.54) is 65.7 Å². The lowest BCUT2D eigenvalue weighted by atomic mass is 10.0. The molecule has 0 unspecified atom stereocenters. The first-order valence-electron chi connectivity index (χ1n) is 28.6. The number of nitrogens with zero attached hydrogens (tertiary/aromatic N) is 7. The Morgan fingerprint density at radius 3 is 1.01 bits per heavy atom. The summed E-state index contributed by atoms with van der Waals surface area (Å²) in [6.07, 6.45) is 1.94. The summed E-state index contributed by atoms with van der Waals surface area (Å²) >= 11 is 0. The maximum Gasteiger partial charge on any atom is 0.165 e. The Labute approximate surface area is 480 Å². The Hall–Kier alpha value is -10.5. The van der Waals surface area contributed by atoms with Crippen LogP contribution in [0.5, 0.6) is 0 Å². The number of pyridine rings is 2. The molecule has 396 valence electrons. The van der Waals surface area contributed by atoms with E-state index in [-0.39, 0.29) is 0 Å². The Morgan fingerprint density at radius 2 is 0.614 bits per heavy atom. The zero-order chi connectivity index (χ0) is 55.8. The van der Waals surface area contributed by atoms with Gasteiger partial charge in [0.05, 0.1) is 55.4 Å². The van der Waals surface area contributed by atoms with Crippen LogP contribution in [0.2, 0.25) is 0 Å². The van der Waals surface area contributed by atoms with Crippen molar-refractivity contribution < 1.29 is 0 Å². The van der Waals surface area contributed by atoms with Gasteiger partial charge >= 0.3 is 0 Å². The highest BCUT2D eigenvalue weighted by Gasteiger charge is 2.33. The van der Waals surface area contributed by atoms with Crippen molar-refractivity contribution in [1.82, 2.24) is 28.2 Å². The minimum Gasteiger partial charge on any atom is -0.310 e. The molecule has 0 saturated heterocycles. The Kier molecular flexibility index (Phi) is 10.8. The SMILES string of the molecule is Cc1ccc2c(c1)c1cc(C)ccc1n2-c1nc(-n2c3ccccc3c3cc(N(c4ccccc4)c4ccccc4)ccc32)c(-n2c3ccc(C)cc3c3cc(C)ccc32)c(-c2ccccn2)c1-n1c2ccc(C)cc2c2cc(C)ccc21. The molecule has 0 atom stereocenters. The molecule has 0 N–H and O–H groups in total. The van der Waals surface area contributed by atoms with E-state index in [9.17, 15) is 0 Å². The van der Waals surface area contributed by atoms with Crippen molar-refractivity contribution in [2.75, 3.05) is 4.90 Å². The van der Waals surface area contributed by atoms with Crippen LogP contribution in [0.15, 0.2) is 237 Å². The summed E-state index contributed by atoms with van der Waals surface area (Å²) < 4.78 is 9.90. The first-order chi connectivity index (χ1) is 40.6. The number of para-hydroxylation sites is 3. The smallest absolute Gasteiger partial charge is 0.165 e. The second-order valence-electron chi connectivity index (χ2n) is 22.7. The lowest BCUT2D eigenvalue weighted by Gasteiger charge is -2.27. The second-order valence-corrected chi connectivity index (χ2v) is 22.7. The summed E-state index contributed by atoms with van der Waals surface area (Å²) in [6.45, 7) is 13.2. The number of aromatic nitrogens is 6. The zero-order valence-corrected chi connectivity index (χ0v) is 47.1. The van der Waals surface area contributed by atoms with Crippen LogP contribution >= 0.6 is 0 Å². The maximum atomic E-state index is 6.50. The first-order valence-corrected chi connectivity index (χ1v) is 28.6. The van der Waals surface area contributed by atoms with Gasteiger partial charge in [0, 0.05) is 66.3 Å². The Morgan fingerprint density at radius 1 is 0.277 bits per heavy atom. The van der Waals surface area contributed by atoms with Crippen LogP contribution in [0.3, 0.4) is 0 Å². The lowest BCUT2D eigenvalue weighted by Crippen LogP contribution is -2.16. The fourth-order valence-corrected chi connectivity index (χ4v) is 13.4. The van der Waals surface area contributed by atoms with Crippen molar-refractivity contribution in [1.29, 1.82) is 0 Å². The van der Waals surface area contributed by atoms with E-state index in [1.807, 2.05) is 12.3 Å². The number of benzene rings is 10. The number of hydrogen-bond donors (Lipinski definition) is 0. The van der Waals surface area contributed by atoms with E-state index in [4.69, 9.17) is 9.97 Å². The van der Waals surface area contributed by atoms with Crippen LogP contribution in [0.25, 0.3) is 121 Å². The minimum atomic E-state index is 0.771. The third-order valence-electron chi connectivity index (χ3n) is 17.1. The van der Waals surface area contributed by atoms with Crippen LogP contribution in [0.1, 0.15) is 33.4 Å². The monoisotopic (exact) mass is 1070 g/mol. The molecule has 0 radical (unpaired) electrons. The standard InChI is InChI=1S/C76H57N7/c1-46-24-31-65-56(39-46)57-40-47(2)25-32-66(57)80(65)73-72(63-22-15-16-38-77-63)74(81-67-33-26-48(3)41-58(67)59-42-49(4)27-34-68(59)81)76(83-69-35-28-50(5)43-60(69)61-44-51(6)29-36-70(61)83)78-75(73)82-64-23-14-13-21-55(64)62-45-54(30-37-71(62)82)79(52-17-9-7-10-18-52)53-19-11-8-12-20-53/h7-45H,1-6H3. The predicted molar refractivity (Wildman–Crippen MR) is 348 cm³/mol. The summed E-state index contributed by atoms with van der Waals surface area (Å²) in [5.74, 6) is 1.55. The molecule has 0 saturated carbocycles. The van der Waals surface area contributed by atoms with Crippen LogP contribution in [0.4, 0.5) is 17.1 Å². The van der Waals surface area contributed by atoms with E-state index < -0.39 is 0 Å². The van der Waals surface area contributed by atoms with Gasteiger partial charge in [-0.2, -0.15) is 0 Å². The summed E-state index contributed by atoms with van der Waals surface area (Å²) in [5, 5.41) is 9.30. The molecule has 83 heavy (non-hydrogen) atoms. The molecule has 0 amide bonds. The van der Waals surface area contributed by atoms with Crippen molar-refractivity contribution in [2.45, 2.75) is 41.5 Å². The van der Waals surface area contributed by atoms with Crippen molar-refractivity contribution in [3.8, 4) is 34.3 Å². The maximum absolute atomic E-state index is 6.50. The van der Waals surface area contributed by atoms with Crippen LogP contribution < -0.4 is 4.90 Å². The number of anilines is 3. The van der Waals surface area contributed by atoms with Gasteiger partial charge in [-0.15, -0.1) is 0 Å². The molecule has 0 aliphatic carbocycles. The van der Waals surface area contributed by atoms with Gasteiger partial charge in [0.2, 0.25) is 0 Å². The molecule has 0 bridgehead atoms. The predicted octanol–water partition coefficient (Wildman–Crippen LogP) is 19.9. The third-order valence-corrected chi connectivity index (χ3v) is 17.1. The van der Waals surface area contributed by atoms with Crippen LogP contribution in [-0.4, -0.2) is 28.2 Å². The number of fused-ring (bicyclic) bond motifs is 12. The van der Waals surface area contributed by atoms with Gasteiger partial charge in [0.1, 0.15) is 11.4 Å². The summed E-state index contributed by atoms with van der Waals surface area (Å²) in [6, 6.07) is 84.9. The molecule has 6 aromatic heterocycles. The molecule has 0 aliphatic rings. The largest absolute Gasteiger partial charge is 0.310 e. The summed E-state index contributed by atoms with van der Waals surface area (Å²) in [7, 11) is 0. The number of aryl methyl sites for hydroxylation is 6. The normalized spacial score (nSPS) is 12.0. The van der Waals surface area contributed by atoms with Crippen molar-refractivity contribution in [2.24, 2.45) is 0 Å². The molecule has 7 heteroatoms. The highest BCUT2D eigenvalue weighted by Crippen LogP contribution is 2.49. The summed E-state index contributed by atoms with van der Waals surface area (Å²) in [4.78, 5) is 14.3. The number of rotatable bonds is 8. The molecule has 16 aromatic rings. The van der Waals surface area contributed by atoms with E-state index in [0.717, 1.165) is 106 Å². The molecule has 7 nitrogen and oxygen atoms in total. The van der Waals surface area contributed by atoms with Gasteiger partial charge < -0.3 is 14.0 Å². The zero-order valence-electron chi connectivity index (χ0n) is 47.1. The first kappa shape index (κ1) is 48.4.